The fraction of sp³-hybridized carbons (Fsp3) is 0.444. The molecule has 0 fully saturated rings. The molecule has 2 rings (SSSR count). The van der Waals surface area contributed by atoms with Crippen LogP contribution in [0.1, 0.15) is 43.6 Å². The van der Waals surface area contributed by atoms with Gasteiger partial charge in [-0.15, -0.1) is 11.3 Å². The summed E-state index contributed by atoms with van der Waals surface area (Å²) in [6.07, 6.45) is 2.30. The molecule has 1 heterocycles. The smallest absolute Gasteiger partial charge is 0.0314 e. The number of halogens is 1. The van der Waals surface area contributed by atoms with E-state index in [1.54, 1.807) is 0 Å². The predicted molar refractivity (Wildman–Crippen MR) is 97.3 cm³/mol. The van der Waals surface area contributed by atoms with E-state index in [0.717, 1.165) is 13.0 Å². The van der Waals surface area contributed by atoms with Gasteiger partial charge in [-0.05, 0) is 72.5 Å². The van der Waals surface area contributed by atoms with Crippen LogP contribution in [0.25, 0.3) is 0 Å². The topological polar surface area (TPSA) is 12.0 Å². The minimum Gasteiger partial charge on any atom is -0.311 e. The average molecular weight is 366 g/mol. The molecule has 0 saturated carbocycles. The molecule has 0 saturated heterocycles. The second-order valence-electron chi connectivity index (χ2n) is 6.47. The lowest BCUT2D eigenvalue weighted by molar-refractivity contribution is 0.399. The first-order valence-electron chi connectivity index (χ1n) is 7.47. The monoisotopic (exact) mass is 365 g/mol. The third kappa shape index (κ3) is 5.57. The van der Waals surface area contributed by atoms with Gasteiger partial charge in [-0.2, -0.15) is 0 Å². The Labute approximate surface area is 140 Å². The van der Waals surface area contributed by atoms with Crippen molar-refractivity contribution in [3.8, 4) is 0 Å². The summed E-state index contributed by atoms with van der Waals surface area (Å²) in [6.45, 7) is 7.71. The maximum Gasteiger partial charge on any atom is 0.0314 e. The van der Waals surface area contributed by atoms with Crippen molar-refractivity contribution in [3.05, 3.63) is 56.7 Å². The SMILES string of the molecule is CC(C)(C)NCC(CCc1sccc1Br)c1ccccc1. The van der Waals surface area contributed by atoms with Gasteiger partial charge in [0, 0.05) is 21.4 Å². The molecular weight excluding hydrogens is 342 g/mol. The Morgan fingerprint density at radius 2 is 1.86 bits per heavy atom. The van der Waals surface area contributed by atoms with Crippen molar-refractivity contribution in [2.24, 2.45) is 0 Å². The molecular formula is C18H24BrNS. The number of benzene rings is 1. The van der Waals surface area contributed by atoms with Gasteiger partial charge in [-0.1, -0.05) is 30.3 Å². The highest BCUT2D eigenvalue weighted by Crippen LogP contribution is 2.28. The molecule has 0 amide bonds. The number of nitrogens with one attached hydrogen (secondary N) is 1. The molecule has 1 unspecified atom stereocenters. The molecule has 21 heavy (non-hydrogen) atoms. The van der Waals surface area contributed by atoms with Crippen LogP contribution in [0.5, 0.6) is 0 Å². The lowest BCUT2D eigenvalue weighted by Crippen LogP contribution is -2.38. The standard InChI is InChI=1S/C18H24BrNS/c1-18(2,3)20-13-15(14-7-5-4-6-8-14)9-10-17-16(19)11-12-21-17/h4-8,11-12,15,20H,9-10,13H2,1-3H3. The Kier molecular flexibility index (Phi) is 6.03. The second-order valence-corrected chi connectivity index (χ2v) is 8.32. The number of hydrogen-bond donors (Lipinski definition) is 1. The first-order chi connectivity index (χ1) is 9.96. The van der Waals surface area contributed by atoms with Crippen LogP contribution in [0.2, 0.25) is 0 Å². The molecule has 0 aliphatic carbocycles. The lowest BCUT2D eigenvalue weighted by Gasteiger charge is -2.25. The normalized spacial score (nSPS) is 13.3. The van der Waals surface area contributed by atoms with Gasteiger partial charge in [0.2, 0.25) is 0 Å². The Morgan fingerprint density at radius 1 is 1.14 bits per heavy atom. The van der Waals surface area contributed by atoms with Crippen LogP contribution in [0.3, 0.4) is 0 Å². The van der Waals surface area contributed by atoms with Crippen molar-refractivity contribution in [2.75, 3.05) is 6.54 Å². The van der Waals surface area contributed by atoms with Gasteiger partial charge < -0.3 is 5.32 Å². The Hall–Kier alpha value is -0.640. The van der Waals surface area contributed by atoms with Crippen LogP contribution in [0, 0.1) is 0 Å². The zero-order chi connectivity index (χ0) is 15.3. The van der Waals surface area contributed by atoms with Crippen molar-refractivity contribution < 1.29 is 0 Å². The molecule has 0 aliphatic heterocycles. The fourth-order valence-corrected chi connectivity index (χ4v) is 3.92. The van der Waals surface area contributed by atoms with E-state index in [1.807, 2.05) is 11.3 Å². The zero-order valence-electron chi connectivity index (χ0n) is 13.0. The van der Waals surface area contributed by atoms with Gasteiger partial charge in [-0.25, -0.2) is 0 Å². The summed E-state index contributed by atoms with van der Waals surface area (Å²) in [5, 5.41) is 5.81. The molecule has 114 valence electrons. The molecule has 0 bridgehead atoms. The van der Waals surface area contributed by atoms with Crippen LogP contribution < -0.4 is 5.32 Å². The summed E-state index contributed by atoms with van der Waals surface area (Å²) in [7, 11) is 0. The third-order valence-corrected chi connectivity index (χ3v) is 5.55. The molecule has 0 radical (unpaired) electrons. The molecule has 2 aromatic rings. The van der Waals surface area contributed by atoms with Crippen molar-refractivity contribution in [3.63, 3.8) is 0 Å². The van der Waals surface area contributed by atoms with E-state index < -0.39 is 0 Å². The van der Waals surface area contributed by atoms with E-state index in [1.165, 1.54) is 21.3 Å². The van der Waals surface area contributed by atoms with Gasteiger partial charge in [0.1, 0.15) is 0 Å². The van der Waals surface area contributed by atoms with Gasteiger partial charge in [0.05, 0.1) is 0 Å². The summed E-state index contributed by atoms with van der Waals surface area (Å²) in [6, 6.07) is 13.0. The molecule has 0 spiro atoms. The summed E-state index contributed by atoms with van der Waals surface area (Å²) in [5.74, 6) is 0.555. The maximum absolute atomic E-state index is 3.66. The van der Waals surface area contributed by atoms with Crippen LogP contribution in [-0.4, -0.2) is 12.1 Å². The summed E-state index contributed by atoms with van der Waals surface area (Å²) < 4.78 is 1.25. The van der Waals surface area contributed by atoms with Gasteiger partial charge in [0.15, 0.2) is 0 Å². The number of aryl methyl sites for hydroxylation is 1. The maximum atomic E-state index is 3.66. The highest BCUT2D eigenvalue weighted by atomic mass is 79.9. The second kappa shape index (κ2) is 7.57. The van der Waals surface area contributed by atoms with E-state index in [-0.39, 0.29) is 5.54 Å². The van der Waals surface area contributed by atoms with Crippen LogP contribution >= 0.6 is 27.3 Å². The predicted octanol–water partition coefficient (Wildman–Crippen LogP) is 5.62. The Bertz CT molecular complexity index is 542. The van der Waals surface area contributed by atoms with Crippen LogP contribution in [0.15, 0.2) is 46.3 Å². The molecule has 1 nitrogen and oxygen atoms in total. The molecule has 1 aromatic carbocycles. The quantitative estimate of drug-likeness (QED) is 0.700. The fourth-order valence-electron chi connectivity index (χ4n) is 2.35. The van der Waals surface area contributed by atoms with Gasteiger partial charge >= 0.3 is 0 Å². The van der Waals surface area contributed by atoms with Crippen molar-refractivity contribution >= 4 is 27.3 Å². The number of hydrogen-bond acceptors (Lipinski definition) is 2. The largest absolute Gasteiger partial charge is 0.311 e. The Balaban J connectivity index is 2.03. The minimum atomic E-state index is 0.163. The third-order valence-electron chi connectivity index (χ3n) is 3.56. The highest BCUT2D eigenvalue weighted by molar-refractivity contribution is 9.10. The molecule has 3 heteroatoms. The minimum absolute atomic E-state index is 0.163. The zero-order valence-corrected chi connectivity index (χ0v) is 15.4. The average Bonchev–Trinajstić information content (AvgIpc) is 2.84. The molecule has 1 N–H and O–H groups in total. The number of rotatable bonds is 6. The Morgan fingerprint density at radius 3 is 2.43 bits per heavy atom. The van der Waals surface area contributed by atoms with Crippen molar-refractivity contribution in [1.82, 2.24) is 5.32 Å². The van der Waals surface area contributed by atoms with E-state index in [2.05, 4.69) is 83.8 Å². The molecule has 0 aliphatic rings. The highest BCUT2D eigenvalue weighted by Gasteiger charge is 2.16. The van der Waals surface area contributed by atoms with E-state index >= 15 is 0 Å². The first kappa shape index (κ1) is 16.7. The van der Waals surface area contributed by atoms with Gasteiger partial charge in [-0.3, -0.25) is 0 Å². The van der Waals surface area contributed by atoms with E-state index in [9.17, 15) is 0 Å². The first-order valence-corrected chi connectivity index (χ1v) is 9.15. The van der Waals surface area contributed by atoms with Crippen molar-refractivity contribution in [2.45, 2.75) is 45.1 Å². The van der Waals surface area contributed by atoms with E-state index in [0.29, 0.717) is 5.92 Å². The summed E-state index contributed by atoms with van der Waals surface area (Å²) in [5.41, 5.74) is 1.60. The summed E-state index contributed by atoms with van der Waals surface area (Å²) in [4.78, 5) is 1.45. The van der Waals surface area contributed by atoms with Crippen LogP contribution in [-0.2, 0) is 6.42 Å². The number of thiophene rings is 1. The van der Waals surface area contributed by atoms with Crippen LogP contribution in [0.4, 0.5) is 0 Å². The molecule has 1 atom stereocenters. The van der Waals surface area contributed by atoms with Crippen molar-refractivity contribution in [1.29, 1.82) is 0 Å². The van der Waals surface area contributed by atoms with E-state index in [4.69, 9.17) is 0 Å². The lowest BCUT2D eigenvalue weighted by atomic mass is 9.93. The summed E-state index contributed by atoms with van der Waals surface area (Å²) >= 11 is 5.48. The molecule has 1 aromatic heterocycles. The van der Waals surface area contributed by atoms with Gasteiger partial charge in [0.25, 0.3) is 0 Å².